The second kappa shape index (κ2) is 8.00. The maximum Gasteiger partial charge on any atom is 0.258 e. The maximum atomic E-state index is 13.3. The molecule has 5 rings (SSSR count). The Hall–Kier alpha value is -2.44. The van der Waals surface area contributed by atoms with E-state index in [2.05, 4.69) is 10.6 Å². The Morgan fingerprint density at radius 1 is 1.10 bits per heavy atom. The van der Waals surface area contributed by atoms with E-state index in [9.17, 15) is 14.7 Å². The molecular weight excluding hydrogens is 378 g/mol. The highest BCUT2D eigenvalue weighted by Gasteiger charge is 2.51. The van der Waals surface area contributed by atoms with Gasteiger partial charge in [-0.15, -0.1) is 0 Å². The molecule has 2 bridgehead atoms. The molecule has 30 heavy (non-hydrogen) atoms. The lowest BCUT2D eigenvalue weighted by Crippen LogP contribution is -2.44. The summed E-state index contributed by atoms with van der Waals surface area (Å²) in [5.41, 5.74) is 2.38. The molecule has 1 saturated carbocycles. The average molecular weight is 408 g/mol. The van der Waals surface area contributed by atoms with Crippen molar-refractivity contribution in [2.75, 3.05) is 6.61 Å². The molecule has 2 aromatic rings. The number of pyridine rings is 1. The van der Waals surface area contributed by atoms with E-state index in [1.165, 1.54) is 6.42 Å². The number of amides is 1. The van der Waals surface area contributed by atoms with E-state index in [0.29, 0.717) is 12.1 Å². The van der Waals surface area contributed by atoms with Crippen LogP contribution < -0.4 is 16.2 Å². The van der Waals surface area contributed by atoms with E-state index < -0.39 is 0 Å². The SMILES string of the molecule is O=C(NC1CCCCC1)[C@@H]1[C@@H](CO)[C@@H]2Cn3c(ccc(-c4ccccc4)c3=O)[C@H]1N2. The van der Waals surface area contributed by atoms with E-state index in [1.54, 1.807) is 0 Å². The van der Waals surface area contributed by atoms with E-state index >= 15 is 0 Å². The zero-order chi connectivity index (χ0) is 20.7. The van der Waals surface area contributed by atoms with Gasteiger partial charge in [-0.05, 0) is 30.5 Å². The van der Waals surface area contributed by atoms with Gasteiger partial charge in [-0.3, -0.25) is 9.59 Å². The highest BCUT2D eigenvalue weighted by molar-refractivity contribution is 5.81. The van der Waals surface area contributed by atoms with Crippen LogP contribution in [0, 0.1) is 11.8 Å². The summed E-state index contributed by atoms with van der Waals surface area (Å²) in [4.78, 5) is 26.6. The third-order valence-corrected chi connectivity index (χ3v) is 7.19. The standard InChI is InChI=1S/C24H29N3O3/c28-14-18-19-13-27-20(12-11-17(24(27)30)15-7-3-1-4-8-15)22(26-19)21(18)23(29)25-16-9-5-2-6-10-16/h1,3-4,7-8,11-12,16,18-19,21-22,26,28H,2,5-6,9-10,13-14H2,(H,25,29)/t18-,19-,21+,22+/m0/s1. The van der Waals surface area contributed by atoms with Gasteiger partial charge in [0.15, 0.2) is 0 Å². The molecular formula is C24H29N3O3. The first-order valence-electron chi connectivity index (χ1n) is 11.1. The monoisotopic (exact) mass is 407 g/mol. The molecule has 2 aliphatic heterocycles. The minimum Gasteiger partial charge on any atom is -0.396 e. The first-order valence-corrected chi connectivity index (χ1v) is 11.1. The van der Waals surface area contributed by atoms with Gasteiger partial charge in [0.1, 0.15) is 0 Å². The molecule has 1 aromatic heterocycles. The molecule has 1 aliphatic carbocycles. The van der Waals surface area contributed by atoms with Crippen LogP contribution in [-0.4, -0.2) is 34.3 Å². The van der Waals surface area contributed by atoms with Crippen molar-refractivity contribution in [3.63, 3.8) is 0 Å². The van der Waals surface area contributed by atoms with Gasteiger partial charge in [0.05, 0.1) is 12.0 Å². The predicted molar refractivity (Wildman–Crippen MR) is 115 cm³/mol. The molecule has 4 atom stereocenters. The van der Waals surface area contributed by atoms with Crippen molar-refractivity contribution >= 4 is 5.91 Å². The largest absolute Gasteiger partial charge is 0.396 e. The summed E-state index contributed by atoms with van der Waals surface area (Å²) in [5, 5.41) is 16.9. The maximum absolute atomic E-state index is 13.3. The second-order valence-electron chi connectivity index (χ2n) is 8.92. The summed E-state index contributed by atoms with van der Waals surface area (Å²) in [7, 11) is 0. The number of nitrogens with zero attached hydrogens (tertiary/aromatic N) is 1. The number of hydrogen-bond acceptors (Lipinski definition) is 4. The molecule has 0 radical (unpaired) electrons. The first-order chi connectivity index (χ1) is 14.7. The molecule has 0 unspecified atom stereocenters. The van der Waals surface area contributed by atoms with Gasteiger partial charge in [-0.2, -0.15) is 0 Å². The van der Waals surface area contributed by atoms with E-state index in [0.717, 1.165) is 36.9 Å². The highest BCUT2D eigenvalue weighted by Crippen LogP contribution is 2.41. The number of nitrogens with one attached hydrogen (secondary N) is 2. The van der Waals surface area contributed by atoms with Crippen LogP contribution in [-0.2, 0) is 11.3 Å². The van der Waals surface area contributed by atoms with Gasteiger partial charge < -0.3 is 20.3 Å². The van der Waals surface area contributed by atoms with Crippen molar-refractivity contribution in [3.05, 3.63) is 58.5 Å². The lowest BCUT2D eigenvalue weighted by Gasteiger charge is -2.29. The van der Waals surface area contributed by atoms with Crippen LogP contribution in [0.25, 0.3) is 11.1 Å². The topological polar surface area (TPSA) is 83.4 Å². The van der Waals surface area contributed by atoms with Gasteiger partial charge in [0.25, 0.3) is 5.56 Å². The molecule has 158 valence electrons. The lowest BCUT2D eigenvalue weighted by atomic mass is 9.85. The van der Waals surface area contributed by atoms with Gasteiger partial charge in [0.2, 0.25) is 5.91 Å². The van der Waals surface area contributed by atoms with Gasteiger partial charge in [0, 0.05) is 42.4 Å². The van der Waals surface area contributed by atoms with Crippen LogP contribution in [0.2, 0.25) is 0 Å². The van der Waals surface area contributed by atoms with Crippen LogP contribution in [0.4, 0.5) is 0 Å². The molecule has 6 nitrogen and oxygen atoms in total. The van der Waals surface area contributed by atoms with Crippen molar-refractivity contribution in [1.29, 1.82) is 0 Å². The summed E-state index contributed by atoms with van der Waals surface area (Å²) in [5.74, 6) is -0.551. The molecule has 1 amide bonds. The van der Waals surface area contributed by atoms with E-state index in [4.69, 9.17) is 0 Å². The number of hydrogen-bond donors (Lipinski definition) is 3. The lowest BCUT2D eigenvalue weighted by molar-refractivity contribution is -0.128. The minimum atomic E-state index is -0.363. The quantitative estimate of drug-likeness (QED) is 0.726. The number of aliphatic hydroxyl groups excluding tert-OH is 1. The number of fused-ring (bicyclic) bond motifs is 4. The normalized spacial score (nSPS) is 28.2. The van der Waals surface area contributed by atoms with E-state index in [-0.39, 0.29) is 48.0 Å². The summed E-state index contributed by atoms with van der Waals surface area (Å²) in [6, 6.07) is 13.4. The number of carbonyl (C=O) groups excluding carboxylic acids is 1. The van der Waals surface area contributed by atoms with Gasteiger partial charge >= 0.3 is 0 Å². The van der Waals surface area contributed by atoms with Crippen molar-refractivity contribution in [3.8, 4) is 11.1 Å². The van der Waals surface area contributed by atoms with Gasteiger partial charge in [-0.1, -0.05) is 49.6 Å². The Morgan fingerprint density at radius 3 is 2.60 bits per heavy atom. The molecule has 0 spiro atoms. The Kier molecular flexibility index (Phi) is 5.21. The van der Waals surface area contributed by atoms with Crippen LogP contribution in [0.5, 0.6) is 0 Å². The Labute approximate surface area is 176 Å². The third-order valence-electron chi connectivity index (χ3n) is 7.19. The fourth-order valence-electron chi connectivity index (χ4n) is 5.63. The fourth-order valence-corrected chi connectivity index (χ4v) is 5.63. The molecule has 2 fully saturated rings. The molecule has 6 heteroatoms. The zero-order valence-electron chi connectivity index (χ0n) is 17.1. The molecule has 1 saturated heterocycles. The zero-order valence-corrected chi connectivity index (χ0v) is 17.1. The number of aliphatic hydroxyl groups is 1. The second-order valence-corrected chi connectivity index (χ2v) is 8.92. The molecule has 3 heterocycles. The van der Waals surface area contributed by atoms with Crippen LogP contribution in [0.15, 0.2) is 47.3 Å². The number of rotatable bonds is 4. The van der Waals surface area contributed by atoms with Crippen LogP contribution in [0.1, 0.15) is 43.8 Å². The molecule has 3 aliphatic rings. The van der Waals surface area contributed by atoms with Crippen LogP contribution >= 0.6 is 0 Å². The summed E-state index contributed by atoms with van der Waals surface area (Å²) in [6.07, 6.45) is 5.61. The Bertz CT molecular complexity index is 981. The first kappa shape index (κ1) is 19.5. The van der Waals surface area contributed by atoms with Crippen LogP contribution in [0.3, 0.4) is 0 Å². The predicted octanol–water partition coefficient (Wildman–Crippen LogP) is 2.22. The minimum absolute atomic E-state index is 0.00832. The average Bonchev–Trinajstić information content (AvgIpc) is 3.08. The van der Waals surface area contributed by atoms with Crippen molar-refractivity contribution < 1.29 is 9.90 Å². The van der Waals surface area contributed by atoms with Crippen molar-refractivity contribution in [2.45, 2.75) is 56.8 Å². The smallest absolute Gasteiger partial charge is 0.258 e. The van der Waals surface area contributed by atoms with Crippen molar-refractivity contribution in [2.24, 2.45) is 11.8 Å². The van der Waals surface area contributed by atoms with E-state index in [1.807, 2.05) is 47.0 Å². The van der Waals surface area contributed by atoms with Gasteiger partial charge in [-0.25, -0.2) is 0 Å². The number of carbonyl (C=O) groups is 1. The number of benzene rings is 1. The molecule has 3 N–H and O–H groups in total. The summed E-state index contributed by atoms with van der Waals surface area (Å²) >= 11 is 0. The number of aromatic nitrogens is 1. The third kappa shape index (κ3) is 3.28. The van der Waals surface area contributed by atoms with Crippen molar-refractivity contribution in [1.82, 2.24) is 15.2 Å². The molecule has 1 aromatic carbocycles. The highest BCUT2D eigenvalue weighted by atomic mass is 16.3. The Morgan fingerprint density at radius 2 is 1.87 bits per heavy atom. The summed E-state index contributed by atoms with van der Waals surface area (Å²) in [6.45, 7) is 0.412. The summed E-state index contributed by atoms with van der Waals surface area (Å²) < 4.78 is 1.81. The fraction of sp³-hybridized carbons (Fsp3) is 0.500. The Balaban J connectivity index is 1.47.